The molecule has 0 unspecified atom stereocenters. The fraction of sp³-hybridized carbons (Fsp3) is 0.200. The first-order chi connectivity index (χ1) is 5.68. The summed E-state index contributed by atoms with van der Waals surface area (Å²) < 4.78 is 14.3. The highest BCUT2D eigenvalue weighted by atomic mass is 32.1. The zero-order valence-corrected chi connectivity index (χ0v) is 7.83. The van der Waals surface area contributed by atoms with Crippen molar-refractivity contribution in [3.63, 3.8) is 0 Å². The van der Waals surface area contributed by atoms with E-state index in [0.717, 1.165) is 16.5 Å². The Balaban J connectivity index is 2.87. The molecule has 2 aromatic rings. The van der Waals surface area contributed by atoms with Gasteiger partial charge in [0.25, 0.3) is 0 Å². The van der Waals surface area contributed by atoms with Gasteiger partial charge in [0, 0.05) is 4.70 Å². The van der Waals surface area contributed by atoms with Gasteiger partial charge < -0.3 is 0 Å². The second-order valence-corrected chi connectivity index (χ2v) is 3.93. The maximum absolute atomic E-state index is 13.1. The van der Waals surface area contributed by atoms with E-state index in [9.17, 15) is 4.39 Å². The van der Waals surface area contributed by atoms with E-state index in [4.69, 9.17) is 0 Å². The third-order valence-electron chi connectivity index (χ3n) is 2.05. The van der Waals surface area contributed by atoms with E-state index in [1.54, 1.807) is 24.3 Å². The average molecular weight is 180 g/mol. The topological polar surface area (TPSA) is 0 Å². The molecule has 2 heteroatoms. The monoisotopic (exact) mass is 180 g/mol. The second kappa shape index (κ2) is 2.56. The molecule has 12 heavy (non-hydrogen) atoms. The zero-order valence-electron chi connectivity index (χ0n) is 7.02. The Labute approximate surface area is 74.6 Å². The molecule has 0 saturated heterocycles. The van der Waals surface area contributed by atoms with Crippen molar-refractivity contribution in [2.24, 2.45) is 0 Å². The van der Waals surface area contributed by atoms with Crippen LogP contribution < -0.4 is 0 Å². The third kappa shape index (κ3) is 1.03. The Bertz CT molecular complexity index is 429. The SMILES string of the molecule is Cc1cc2scc(C)c2cc1F. The normalized spacial score (nSPS) is 10.9. The van der Waals surface area contributed by atoms with Gasteiger partial charge in [-0.05, 0) is 47.9 Å². The van der Waals surface area contributed by atoms with Gasteiger partial charge in [-0.3, -0.25) is 0 Å². The van der Waals surface area contributed by atoms with Crippen LogP contribution in [0.4, 0.5) is 4.39 Å². The maximum atomic E-state index is 13.1. The van der Waals surface area contributed by atoms with Crippen LogP contribution in [0, 0.1) is 19.7 Å². The summed E-state index contributed by atoms with van der Waals surface area (Å²) in [5.74, 6) is -0.107. The van der Waals surface area contributed by atoms with Crippen LogP contribution in [-0.4, -0.2) is 0 Å². The van der Waals surface area contributed by atoms with Crippen molar-refractivity contribution in [1.82, 2.24) is 0 Å². The van der Waals surface area contributed by atoms with Gasteiger partial charge in [0.1, 0.15) is 5.82 Å². The average Bonchev–Trinajstić information content (AvgIpc) is 2.35. The largest absolute Gasteiger partial charge is 0.207 e. The van der Waals surface area contributed by atoms with E-state index in [1.165, 1.54) is 4.70 Å². The molecule has 0 radical (unpaired) electrons. The lowest BCUT2D eigenvalue weighted by Crippen LogP contribution is -1.80. The van der Waals surface area contributed by atoms with Crippen molar-refractivity contribution in [2.75, 3.05) is 0 Å². The number of rotatable bonds is 0. The van der Waals surface area contributed by atoms with Gasteiger partial charge in [0.2, 0.25) is 0 Å². The molecule has 0 spiro atoms. The molecule has 0 atom stereocenters. The highest BCUT2D eigenvalue weighted by Crippen LogP contribution is 2.27. The molecule has 0 bridgehead atoms. The smallest absolute Gasteiger partial charge is 0.126 e. The van der Waals surface area contributed by atoms with Crippen LogP contribution >= 0.6 is 11.3 Å². The predicted octanol–water partition coefficient (Wildman–Crippen LogP) is 3.66. The molecule has 0 aliphatic rings. The molecular formula is C10H9FS. The van der Waals surface area contributed by atoms with Gasteiger partial charge in [-0.25, -0.2) is 4.39 Å². The third-order valence-corrected chi connectivity index (χ3v) is 3.11. The molecule has 0 fully saturated rings. The summed E-state index contributed by atoms with van der Waals surface area (Å²) in [6.07, 6.45) is 0. The molecular weight excluding hydrogens is 171 g/mol. The first-order valence-corrected chi connectivity index (χ1v) is 4.70. The number of benzene rings is 1. The predicted molar refractivity (Wildman–Crippen MR) is 51.3 cm³/mol. The minimum Gasteiger partial charge on any atom is -0.207 e. The fourth-order valence-electron chi connectivity index (χ4n) is 1.28. The molecule has 0 aliphatic heterocycles. The van der Waals surface area contributed by atoms with E-state index in [1.807, 2.05) is 13.0 Å². The van der Waals surface area contributed by atoms with Crippen molar-refractivity contribution < 1.29 is 4.39 Å². The summed E-state index contributed by atoms with van der Waals surface area (Å²) in [6.45, 7) is 3.80. The number of thiophene rings is 1. The lowest BCUT2D eigenvalue weighted by atomic mass is 10.1. The number of halogens is 1. The molecule has 0 aliphatic carbocycles. The summed E-state index contributed by atoms with van der Waals surface area (Å²) >= 11 is 1.67. The molecule has 0 amide bonds. The molecule has 0 nitrogen and oxygen atoms in total. The lowest BCUT2D eigenvalue weighted by molar-refractivity contribution is 0.620. The summed E-state index contributed by atoms with van der Waals surface area (Å²) in [5.41, 5.74) is 1.89. The standard InChI is InChI=1S/C10H9FS/c1-6-3-10-8(4-9(6)11)7(2)5-12-10/h3-5H,1-2H3. The van der Waals surface area contributed by atoms with E-state index in [0.29, 0.717) is 0 Å². The number of hydrogen-bond donors (Lipinski definition) is 0. The van der Waals surface area contributed by atoms with Gasteiger partial charge in [-0.1, -0.05) is 0 Å². The summed E-state index contributed by atoms with van der Waals surface area (Å²) in [4.78, 5) is 0. The molecule has 2 rings (SSSR count). The van der Waals surface area contributed by atoms with Crippen LogP contribution in [0.2, 0.25) is 0 Å². The number of hydrogen-bond acceptors (Lipinski definition) is 1. The summed E-state index contributed by atoms with van der Waals surface area (Å²) in [6, 6.07) is 3.53. The van der Waals surface area contributed by atoms with Crippen molar-refractivity contribution >= 4 is 21.4 Å². The fourth-order valence-corrected chi connectivity index (χ4v) is 2.30. The first-order valence-electron chi connectivity index (χ1n) is 3.82. The molecule has 1 aromatic heterocycles. The Morgan fingerprint density at radius 2 is 1.92 bits per heavy atom. The van der Waals surface area contributed by atoms with Crippen molar-refractivity contribution in [3.8, 4) is 0 Å². The highest BCUT2D eigenvalue weighted by molar-refractivity contribution is 7.17. The summed E-state index contributed by atoms with van der Waals surface area (Å²) in [5, 5.41) is 3.10. The van der Waals surface area contributed by atoms with E-state index in [2.05, 4.69) is 5.38 Å². The van der Waals surface area contributed by atoms with Crippen molar-refractivity contribution in [2.45, 2.75) is 13.8 Å². The second-order valence-electron chi connectivity index (χ2n) is 3.02. The van der Waals surface area contributed by atoms with Gasteiger partial charge >= 0.3 is 0 Å². The van der Waals surface area contributed by atoms with Crippen LogP contribution in [0.15, 0.2) is 17.5 Å². The zero-order chi connectivity index (χ0) is 8.72. The van der Waals surface area contributed by atoms with E-state index >= 15 is 0 Å². The van der Waals surface area contributed by atoms with Crippen molar-refractivity contribution in [3.05, 3.63) is 34.5 Å². The minimum atomic E-state index is -0.107. The van der Waals surface area contributed by atoms with Gasteiger partial charge in [-0.15, -0.1) is 11.3 Å². The van der Waals surface area contributed by atoms with Crippen LogP contribution in [0.5, 0.6) is 0 Å². The quantitative estimate of drug-likeness (QED) is 0.580. The Hall–Kier alpha value is -0.890. The van der Waals surface area contributed by atoms with Gasteiger partial charge in [0.05, 0.1) is 0 Å². The number of aryl methyl sites for hydroxylation is 2. The van der Waals surface area contributed by atoms with Crippen molar-refractivity contribution in [1.29, 1.82) is 0 Å². The Morgan fingerprint density at radius 1 is 1.17 bits per heavy atom. The Kier molecular flexibility index (Phi) is 1.65. The molecule has 0 saturated carbocycles. The molecule has 62 valence electrons. The van der Waals surface area contributed by atoms with E-state index < -0.39 is 0 Å². The van der Waals surface area contributed by atoms with Crippen LogP contribution in [0.1, 0.15) is 11.1 Å². The molecule has 0 N–H and O–H groups in total. The minimum absolute atomic E-state index is 0.107. The molecule has 1 aromatic carbocycles. The van der Waals surface area contributed by atoms with E-state index in [-0.39, 0.29) is 5.82 Å². The Morgan fingerprint density at radius 3 is 2.67 bits per heavy atom. The van der Waals surface area contributed by atoms with Gasteiger partial charge in [0.15, 0.2) is 0 Å². The summed E-state index contributed by atoms with van der Waals surface area (Å²) in [7, 11) is 0. The van der Waals surface area contributed by atoms with Gasteiger partial charge in [-0.2, -0.15) is 0 Å². The maximum Gasteiger partial charge on any atom is 0.126 e. The lowest BCUT2D eigenvalue weighted by Gasteiger charge is -1.96. The highest BCUT2D eigenvalue weighted by Gasteiger charge is 2.03. The number of fused-ring (bicyclic) bond motifs is 1. The van der Waals surface area contributed by atoms with Crippen LogP contribution in [0.3, 0.4) is 0 Å². The molecule has 1 heterocycles. The first kappa shape index (κ1) is 7.74. The van der Waals surface area contributed by atoms with Crippen LogP contribution in [-0.2, 0) is 0 Å². The van der Waals surface area contributed by atoms with Crippen LogP contribution in [0.25, 0.3) is 10.1 Å².